The maximum atomic E-state index is 5.04. The fourth-order valence-electron chi connectivity index (χ4n) is 2.93. The Kier molecular flexibility index (Phi) is 5.71. The predicted molar refractivity (Wildman–Crippen MR) is 102 cm³/mol. The molecule has 2 aromatic rings. The van der Waals surface area contributed by atoms with E-state index in [4.69, 9.17) is 4.84 Å². The molecule has 3 rings (SSSR count). The fourth-order valence-corrected chi connectivity index (χ4v) is 2.93. The van der Waals surface area contributed by atoms with E-state index < -0.39 is 0 Å². The molecule has 0 bridgehead atoms. The lowest BCUT2D eigenvalue weighted by Crippen LogP contribution is -2.31. The summed E-state index contributed by atoms with van der Waals surface area (Å²) in [5.74, 6) is 7.37. The molecule has 1 aliphatic rings. The zero-order valence-corrected chi connectivity index (χ0v) is 14.7. The van der Waals surface area contributed by atoms with E-state index in [1.54, 1.807) is 7.11 Å². The van der Waals surface area contributed by atoms with Crippen molar-refractivity contribution in [2.24, 2.45) is 0 Å². The number of benzene rings is 1. The van der Waals surface area contributed by atoms with E-state index in [0.717, 1.165) is 43.0 Å². The minimum absolute atomic E-state index is 0.900. The molecule has 0 unspecified atom stereocenters. The van der Waals surface area contributed by atoms with Crippen LogP contribution >= 0.6 is 0 Å². The summed E-state index contributed by atoms with van der Waals surface area (Å²) in [4.78, 5) is 11.8. The van der Waals surface area contributed by atoms with Gasteiger partial charge in [0.05, 0.1) is 7.11 Å². The van der Waals surface area contributed by atoms with Crippen LogP contribution in [-0.4, -0.2) is 25.2 Å². The Balaban J connectivity index is 1.63. The van der Waals surface area contributed by atoms with Gasteiger partial charge in [-0.05, 0) is 55.7 Å². The first kappa shape index (κ1) is 17.1. The molecule has 2 heterocycles. The predicted octanol–water partition coefficient (Wildman–Crippen LogP) is 3.94. The monoisotopic (exact) mass is 333 g/mol. The summed E-state index contributed by atoms with van der Waals surface area (Å²) in [5, 5.41) is 0. The molecule has 0 amide bonds. The number of nitrogens with one attached hydrogen (secondary N) is 1. The molecule has 1 N–H and O–H groups in total. The highest BCUT2D eigenvalue weighted by Crippen LogP contribution is 2.27. The largest absolute Gasteiger partial charge is 0.354 e. The minimum atomic E-state index is 0.900. The fraction of sp³-hybridized carbons (Fsp3) is 0.286. The van der Waals surface area contributed by atoms with Crippen LogP contribution in [0, 0.1) is 18.8 Å². The van der Waals surface area contributed by atoms with Crippen molar-refractivity contribution >= 4 is 11.5 Å². The molecule has 0 saturated carbocycles. The van der Waals surface area contributed by atoms with Gasteiger partial charge in [0, 0.05) is 24.8 Å². The van der Waals surface area contributed by atoms with Gasteiger partial charge in [0.15, 0.2) is 5.82 Å². The van der Waals surface area contributed by atoms with E-state index in [1.165, 1.54) is 11.1 Å². The van der Waals surface area contributed by atoms with Crippen LogP contribution in [0.4, 0.5) is 11.5 Å². The zero-order chi connectivity index (χ0) is 17.5. The molecule has 1 saturated heterocycles. The van der Waals surface area contributed by atoms with Gasteiger partial charge in [-0.15, -0.1) is 0 Å². The molecule has 25 heavy (non-hydrogen) atoms. The second kappa shape index (κ2) is 8.36. The van der Waals surface area contributed by atoms with Crippen molar-refractivity contribution in [2.45, 2.75) is 19.8 Å². The number of pyridine rings is 1. The second-order valence-electron chi connectivity index (χ2n) is 6.11. The normalized spacial score (nSPS) is 13.8. The SMILES string of the molecule is CONc1cccnc1N1CCC(=CC#Cc2cccc(C)c2)CC1. The first-order chi connectivity index (χ1) is 12.3. The maximum absolute atomic E-state index is 5.04. The molecule has 128 valence electrons. The molecular formula is C21H23N3O. The van der Waals surface area contributed by atoms with Gasteiger partial charge in [-0.1, -0.05) is 29.5 Å². The number of allylic oxidation sites excluding steroid dienone is 1. The third-order valence-electron chi connectivity index (χ3n) is 4.21. The van der Waals surface area contributed by atoms with Crippen molar-refractivity contribution in [1.29, 1.82) is 0 Å². The van der Waals surface area contributed by atoms with Crippen LogP contribution in [0.25, 0.3) is 0 Å². The third kappa shape index (κ3) is 4.62. The number of rotatable bonds is 3. The van der Waals surface area contributed by atoms with Crippen molar-refractivity contribution in [1.82, 2.24) is 4.98 Å². The van der Waals surface area contributed by atoms with Crippen LogP contribution in [0.5, 0.6) is 0 Å². The average Bonchev–Trinajstić information content (AvgIpc) is 2.63. The Labute approximate surface area is 149 Å². The standard InChI is InChI=1S/C21H23N3O/c1-17-6-3-8-19(16-17)9-4-7-18-11-14-24(15-12-18)21-20(23-25-2)10-5-13-22-21/h3,5-8,10,13,16,23H,11-12,14-15H2,1-2H3. The van der Waals surface area contributed by atoms with Gasteiger partial charge in [0.1, 0.15) is 5.69 Å². The third-order valence-corrected chi connectivity index (χ3v) is 4.21. The Hall–Kier alpha value is -2.77. The van der Waals surface area contributed by atoms with E-state index in [1.807, 2.05) is 30.5 Å². The van der Waals surface area contributed by atoms with Crippen molar-refractivity contribution in [3.8, 4) is 11.8 Å². The van der Waals surface area contributed by atoms with Gasteiger partial charge in [0.2, 0.25) is 0 Å². The van der Waals surface area contributed by atoms with Gasteiger partial charge < -0.3 is 4.90 Å². The van der Waals surface area contributed by atoms with E-state index in [0.29, 0.717) is 0 Å². The lowest BCUT2D eigenvalue weighted by atomic mass is 10.0. The van der Waals surface area contributed by atoms with Crippen molar-refractivity contribution in [2.75, 3.05) is 30.6 Å². The van der Waals surface area contributed by atoms with Crippen molar-refractivity contribution in [3.05, 3.63) is 65.4 Å². The van der Waals surface area contributed by atoms with Gasteiger partial charge >= 0.3 is 0 Å². The zero-order valence-electron chi connectivity index (χ0n) is 14.7. The Morgan fingerprint density at radius 2 is 2.04 bits per heavy atom. The van der Waals surface area contributed by atoms with Crippen molar-refractivity contribution < 1.29 is 4.84 Å². The van der Waals surface area contributed by atoms with Gasteiger partial charge in [0.25, 0.3) is 0 Å². The first-order valence-corrected chi connectivity index (χ1v) is 8.51. The molecule has 0 radical (unpaired) electrons. The average molecular weight is 333 g/mol. The molecule has 1 aliphatic heterocycles. The molecule has 0 spiro atoms. The lowest BCUT2D eigenvalue weighted by molar-refractivity contribution is 0.271. The topological polar surface area (TPSA) is 37.4 Å². The number of hydrogen-bond donors (Lipinski definition) is 1. The van der Waals surface area contributed by atoms with Crippen LogP contribution in [0.3, 0.4) is 0 Å². The summed E-state index contributed by atoms with van der Waals surface area (Å²) >= 11 is 0. The number of piperidine rings is 1. The summed E-state index contributed by atoms with van der Waals surface area (Å²) in [6.45, 7) is 3.96. The molecule has 4 nitrogen and oxygen atoms in total. The van der Waals surface area contributed by atoms with Gasteiger partial charge in [-0.25, -0.2) is 4.98 Å². The number of nitrogens with zero attached hydrogens (tertiary/aromatic N) is 2. The smallest absolute Gasteiger partial charge is 0.154 e. The highest BCUT2D eigenvalue weighted by molar-refractivity contribution is 5.64. The number of aromatic nitrogens is 1. The lowest BCUT2D eigenvalue weighted by Gasteiger charge is -2.30. The maximum Gasteiger partial charge on any atom is 0.154 e. The van der Waals surface area contributed by atoms with Crippen LogP contribution in [0.2, 0.25) is 0 Å². The molecule has 1 aromatic carbocycles. The highest BCUT2D eigenvalue weighted by atomic mass is 16.6. The van der Waals surface area contributed by atoms with Crippen LogP contribution in [-0.2, 0) is 4.84 Å². The van der Waals surface area contributed by atoms with E-state index >= 15 is 0 Å². The van der Waals surface area contributed by atoms with Gasteiger partial charge in [-0.3, -0.25) is 10.3 Å². The quantitative estimate of drug-likeness (QED) is 0.682. The number of anilines is 2. The summed E-state index contributed by atoms with van der Waals surface area (Å²) in [5.41, 5.74) is 7.50. The van der Waals surface area contributed by atoms with Crippen LogP contribution < -0.4 is 10.4 Å². The van der Waals surface area contributed by atoms with Crippen LogP contribution in [0.1, 0.15) is 24.0 Å². The molecule has 1 fully saturated rings. The summed E-state index contributed by atoms with van der Waals surface area (Å²) in [6.07, 6.45) is 5.90. The molecule has 0 aliphatic carbocycles. The van der Waals surface area contributed by atoms with Crippen molar-refractivity contribution in [3.63, 3.8) is 0 Å². The highest BCUT2D eigenvalue weighted by Gasteiger charge is 2.17. The molecule has 4 heteroatoms. The van der Waals surface area contributed by atoms with E-state index in [-0.39, 0.29) is 0 Å². The minimum Gasteiger partial charge on any atom is -0.354 e. The summed E-state index contributed by atoms with van der Waals surface area (Å²) in [6, 6.07) is 12.2. The summed E-state index contributed by atoms with van der Waals surface area (Å²) in [7, 11) is 1.61. The number of aryl methyl sites for hydroxylation is 1. The molecule has 1 aromatic heterocycles. The van der Waals surface area contributed by atoms with E-state index in [9.17, 15) is 0 Å². The number of hydrogen-bond acceptors (Lipinski definition) is 4. The molecule has 0 atom stereocenters. The van der Waals surface area contributed by atoms with Crippen LogP contribution in [0.15, 0.2) is 54.2 Å². The summed E-state index contributed by atoms with van der Waals surface area (Å²) < 4.78 is 0. The van der Waals surface area contributed by atoms with E-state index in [2.05, 4.69) is 52.3 Å². The Morgan fingerprint density at radius 1 is 1.20 bits per heavy atom. The Morgan fingerprint density at radius 3 is 2.80 bits per heavy atom. The first-order valence-electron chi connectivity index (χ1n) is 8.51. The Bertz CT molecular complexity index is 807. The van der Waals surface area contributed by atoms with Gasteiger partial charge in [-0.2, -0.15) is 0 Å². The second-order valence-corrected chi connectivity index (χ2v) is 6.11. The molecular weight excluding hydrogens is 310 g/mol.